The summed E-state index contributed by atoms with van der Waals surface area (Å²) < 4.78 is 5.61. The molecule has 0 aliphatic carbocycles. The molecule has 1 amide bonds. The number of hydrogen-bond donors (Lipinski definition) is 1. The standard InChI is InChI=1S/C17H24N2O3.ClH/c1-13(20)14-4-2-5-16(12-14)22-11-3-6-17(21)19-9-7-15(18)8-10-19;/h2,4-5,12,15H,3,6-11,18H2,1H3;1H. The summed E-state index contributed by atoms with van der Waals surface area (Å²) in [6.45, 7) is 3.53. The molecule has 2 N–H and O–H groups in total. The molecule has 1 aromatic rings. The molecule has 1 fully saturated rings. The third kappa shape index (κ3) is 6.20. The summed E-state index contributed by atoms with van der Waals surface area (Å²) in [6, 6.07) is 7.35. The molecule has 0 saturated carbocycles. The van der Waals surface area contributed by atoms with Gasteiger partial charge in [-0.25, -0.2) is 0 Å². The Kier molecular flexibility index (Phi) is 8.06. The molecule has 1 aliphatic rings. The van der Waals surface area contributed by atoms with Crippen LogP contribution in [0.2, 0.25) is 0 Å². The number of benzene rings is 1. The molecule has 0 radical (unpaired) electrons. The van der Waals surface area contributed by atoms with Gasteiger partial charge in [0.05, 0.1) is 6.61 Å². The normalized spacial score (nSPS) is 15.0. The first-order valence-corrected chi connectivity index (χ1v) is 7.83. The SMILES string of the molecule is CC(=O)c1cccc(OCCCC(=O)N2CCC(N)CC2)c1.Cl. The lowest BCUT2D eigenvalue weighted by atomic mass is 10.1. The average Bonchev–Trinajstić information content (AvgIpc) is 2.52. The van der Waals surface area contributed by atoms with Crippen molar-refractivity contribution < 1.29 is 14.3 Å². The Labute approximate surface area is 143 Å². The van der Waals surface area contributed by atoms with Gasteiger partial charge in [0.2, 0.25) is 5.91 Å². The lowest BCUT2D eigenvalue weighted by Crippen LogP contribution is -2.42. The molecule has 1 aromatic carbocycles. The highest BCUT2D eigenvalue weighted by Crippen LogP contribution is 2.15. The zero-order valence-corrected chi connectivity index (χ0v) is 14.3. The average molecular weight is 341 g/mol. The number of hydrogen-bond acceptors (Lipinski definition) is 4. The van der Waals surface area contributed by atoms with Crippen LogP contribution in [0.5, 0.6) is 5.75 Å². The van der Waals surface area contributed by atoms with Gasteiger partial charge in [0.1, 0.15) is 5.75 Å². The minimum atomic E-state index is 0. The Morgan fingerprint density at radius 1 is 1.30 bits per heavy atom. The predicted molar refractivity (Wildman–Crippen MR) is 92.2 cm³/mol. The Bertz CT molecular complexity index is 528. The number of halogens is 1. The van der Waals surface area contributed by atoms with Crippen LogP contribution in [-0.2, 0) is 4.79 Å². The van der Waals surface area contributed by atoms with Crippen molar-refractivity contribution in [3.05, 3.63) is 29.8 Å². The maximum atomic E-state index is 12.0. The van der Waals surface area contributed by atoms with E-state index in [2.05, 4.69) is 0 Å². The molecule has 128 valence electrons. The first-order valence-electron chi connectivity index (χ1n) is 7.83. The van der Waals surface area contributed by atoms with Crippen molar-refractivity contribution in [1.82, 2.24) is 4.90 Å². The van der Waals surface area contributed by atoms with Gasteiger partial charge in [0.15, 0.2) is 5.78 Å². The van der Waals surface area contributed by atoms with E-state index >= 15 is 0 Å². The Morgan fingerprint density at radius 2 is 2.00 bits per heavy atom. The molecular formula is C17H25ClN2O3. The summed E-state index contributed by atoms with van der Waals surface area (Å²) in [6.07, 6.45) is 2.94. The molecule has 6 heteroatoms. The van der Waals surface area contributed by atoms with E-state index in [1.165, 1.54) is 6.92 Å². The Morgan fingerprint density at radius 3 is 2.65 bits per heavy atom. The number of nitrogens with zero attached hydrogens (tertiary/aromatic N) is 1. The van der Waals surface area contributed by atoms with Crippen molar-refractivity contribution in [2.75, 3.05) is 19.7 Å². The van der Waals surface area contributed by atoms with Gasteiger partial charge in [-0.1, -0.05) is 12.1 Å². The number of amides is 1. The highest BCUT2D eigenvalue weighted by atomic mass is 35.5. The summed E-state index contributed by atoms with van der Waals surface area (Å²) in [5.74, 6) is 0.862. The van der Waals surface area contributed by atoms with Crippen molar-refractivity contribution in [3.8, 4) is 5.75 Å². The number of ether oxygens (including phenoxy) is 1. The fraction of sp³-hybridized carbons (Fsp3) is 0.529. The largest absolute Gasteiger partial charge is 0.494 e. The lowest BCUT2D eigenvalue weighted by Gasteiger charge is -2.30. The number of nitrogens with two attached hydrogens (primary N) is 1. The van der Waals surface area contributed by atoms with Crippen LogP contribution in [0.3, 0.4) is 0 Å². The van der Waals surface area contributed by atoms with E-state index < -0.39 is 0 Å². The Hall–Kier alpha value is -1.59. The van der Waals surface area contributed by atoms with E-state index in [9.17, 15) is 9.59 Å². The minimum absolute atomic E-state index is 0. The first kappa shape index (κ1) is 19.5. The van der Waals surface area contributed by atoms with Gasteiger partial charge in [0.25, 0.3) is 0 Å². The van der Waals surface area contributed by atoms with Gasteiger partial charge < -0.3 is 15.4 Å². The number of ketones is 1. The van der Waals surface area contributed by atoms with Crippen molar-refractivity contribution in [2.24, 2.45) is 5.73 Å². The minimum Gasteiger partial charge on any atom is -0.494 e. The number of carbonyl (C=O) groups is 2. The molecule has 0 spiro atoms. The van der Waals surface area contributed by atoms with Gasteiger partial charge >= 0.3 is 0 Å². The topological polar surface area (TPSA) is 72.6 Å². The van der Waals surface area contributed by atoms with Crippen LogP contribution in [0.1, 0.15) is 43.0 Å². The van der Waals surface area contributed by atoms with E-state index in [1.807, 2.05) is 11.0 Å². The molecule has 5 nitrogen and oxygen atoms in total. The van der Waals surface area contributed by atoms with Crippen molar-refractivity contribution in [1.29, 1.82) is 0 Å². The van der Waals surface area contributed by atoms with Crippen LogP contribution < -0.4 is 10.5 Å². The molecule has 1 aliphatic heterocycles. The molecular weight excluding hydrogens is 316 g/mol. The van der Waals surface area contributed by atoms with Crippen LogP contribution in [0.15, 0.2) is 24.3 Å². The van der Waals surface area contributed by atoms with Gasteiger partial charge in [-0.3, -0.25) is 9.59 Å². The molecule has 1 heterocycles. The number of carbonyl (C=O) groups excluding carboxylic acids is 2. The first-order chi connectivity index (χ1) is 10.6. The van der Waals surface area contributed by atoms with Crippen molar-refractivity contribution in [3.63, 3.8) is 0 Å². The van der Waals surface area contributed by atoms with E-state index in [0.717, 1.165) is 25.9 Å². The fourth-order valence-corrected chi connectivity index (χ4v) is 2.53. The zero-order chi connectivity index (χ0) is 15.9. The smallest absolute Gasteiger partial charge is 0.222 e. The molecule has 0 unspecified atom stereocenters. The summed E-state index contributed by atoms with van der Waals surface area (Å²) in [4.78, 5) is 25.2. The maximum Gasteiger partial charge on any atom is 0.222 e. The van der Waals surface area contributed by atoms with Crippen LogP contribution in [0, 0.1) is 0 Å². The lowest BCUT2D eigenvalue weighted by molar-refractivity contribution is -0.132. The highest BCUT2D eigenvalue weighted by molar-refractivity contribution is 5.94. The summed E-state index contributed by atoms with van der Waals surface area (Å²) >= 11 is 0. The van der Waals surface area contributed by atoms with Gasteiger partial charge in [-0.05, 0) is 38.3 Å². The predicted octanol–water partition coefficient (Wildman–Crippen LogP) is 2.42. The summed E-state index contributed by atoms with van der Waals surface area (Å²) in [7, 11) is 0. The molecule has 0 bridgehead atoms. The quantitative estimate of drug-likeness (QED) is 0.637. The number of likely N-dealkylation sites (tertiary alicyclic amines) is 1. The summed E-state index contributed by atoms with van der Waals surface area (Å²) in [5, 5.41) is 0. The van der Waals surface area contributed by atoms with Crippen LogP contribution in [0.4, 0.5) is 0 Å². The highest BCUT2D eigenvalue weighted by Gasteiger charge is 2.19. The van der Waals surface area contributed by atoms with Crippen LogP contribution in [0.25, 0.3) is 0 Å². The van der Waals surface area contributed by atoms with Gasteiger partial charge in [-0.15, -0.1) is 12.4 Å². The van der Waals surface area contributed by atoms with Crippen LogP contribution >= 0.6 is 12.4 Å². The van der Waals surface area contributed by atoms with Gasteiger partial charge in [-0.2, -0.15) is 0 Å². The molecule has 1 saturated heterocycles. The second-order valence-electron chi connectivity index (χ2n) is 5.75. The van der Waals surface area contributed by atoms with E-state index in [1.54, 1.807) is 18.2 Å². The van der Waals surface area contributed by atoms with E-state index in [-0.39, 0.29) is 30.1 Å². The number of Topliss-reactive ketones (excluding diaryl/α,β-unsaturated/α-hetero) is 1. The monoisotopic (exact) mass is 340 g/mol. The zero-order valence-electron chi connectivity index (χ0n) is 13.5. The van der Waals surface area contributed by atoms with Crippen molar-refractivity contribution >= 4 is 24.1 Å². The fourth-order valence-electron chi connectivity index (χ4n) is 2.53. The second kappa shape index (κ2) is 9.53. The summed E-state index contributed by atoms with van der Waals surface area (Å²) in [5.41, 5.74) is 6.47. The molecule has 0 aromatic heterocycles. The van der Waals surface area contributed by atoms with Crippen LogP contribution in [-0.4, -0.2) is 42.3 Å². The van der Waals surface area contributed by atoms with E-state index in [4.69, 9.17) is 10.5 Å². The Balaban J connectivity index is 0.00000264. The van der Waals surface area contributed by atoms with Crippen molar-refractivity contribution in [2.45, 2.75) is 38.6 Å². The molecule has 23 heavy (non-hydrogen) atoms. The van der Waals surface area contributed by atoms with Gasteiger partial charge in [0, 0.05) is 31.1 Å². The molecule has 0 atom stereocenters. The number of piperidine rings is 1. The third-order valence-electron chi connectivity index (χ3n) is 3.94. The number of rotatable bonds is 6. The van der Waals surface area contributed by atoms with E-state index in [0.29, 0.717) is 30.8 Å². The molecule has 2 rings (SSSR count). The second-order valence-corrected chi connectivity index (χ2v) is 5.75. The maximum absolute atomic E-state index is 12.0. The third-order valence-corrected chi connectivity index (χ3v) is 3.94.